The summed E-state index contributed by atoms with van der Waals surface area (Å²) in [6.07, 6.45) is 1.69. The van der Waals surface area contributed by atoms with E-state index in [4.69, 9.17) is 0 Å². The molecule has 0 atom stereocenters. The predicted octanol–water partition coefficient (Wildman–Crippen LogP) is 1.36. The highest BCUT2D eigenvalue weighted by molar-refractivity contribution is 5.94. The zero-order valence-electron chi connectivity index (χ0n) is 10.3. The Kier molecular flexibility index (Phi) is 5.60. The fourth-order valence-electron chi connectivity index (χ4n) is 1.37. The van der Waals surface area contributed by atoms with Gasteiger partial charge in [-0.1, -0.05) is 12.1 Å². The Morgan fingerprint density at radius 3 is 2.56 bits per heavy atom. The van der Waals surface area contributed by atoms with Crippen LogP contribution in [-0.2, 0) is 9.59 Å². The van der Waals surface area contributed by atoms with Crippen LogP contribution in [0.1, 0.15) is 6.92 Å². The number of carbonyl (C=O) groups excluding carboxylic acids is 2. The third-order valence-electron chi connectivity index (χ3n) is 2.04. The topological polar surface area (TPSA) is 70.2 Å². The van der Waals surface area contributed by atoms with Crippen LogP contribution >= 0.6 is 0 Å². The molecular weight excluding hydrogens is 230 g/mol. The zero-order chi connectivity index (χ0) is 13.4. The molecule has 0 bridgehead atoms. The standard InChI is InChI=1S/C13H17N3O2/c1-3-7-14-9-13(18)16-12-6-4-5-11(8-12)15-10(2)17/h3-6,8,14H,1,7,9H2,2H3,(H,15,17)(H,16,18). The summed E-state index contributed by atoms with van der Waals surface area (Å²) in [4.78, 5) is 22.4. The van der Waals surface area contributed by atoms with Crippen molar-refractivity contribution in [1.29, 1.82) is 0 Å². The van der Waals surface area contributed by atoms with E-state index in [1.54, 1.807) is 30.3 Å². The number of rotatable bonds is 6. The number of benzene rings is 1. The van der Waals surface area contributed by atoms with Crippen molar-refractivity contribution < 1.29 is 9.59 Å². The van der Waals surface area contributed by atoms with Gasteiger partial charge >= 0.3 is 0 Å². The Bertz CT molecular complexity index is 444. The van der Waals surface area contributed by atoms with Gasteiger partial charge in [-0.25, -0.2) is 0 Å². The van der Waals surface area contributed by atoms with Gasteiger partial charge in [0.2, 0.25) is 11.8 Å². The van der Waals surface area contributed by atoms with Crippen LogP contribution in [0.25, 0.3) is 0 Å². The number of carbonyl (C=O) groups is 2. The van der Waals surface area contributed by atoms with E-state index in [1.165, 1.54) is 6.92 Å². The molecule has 0 saturated heterocycles. The first-order chi connectivity index (χ1) is 8.61. The first kappa shape index (κ1) is 13.9. The molecule has 0 aromatic heterocycles. The number of hydrogen-bond donors (Lipinski definition) is 3. The molecule has 3 N–H and O–H groups in total. The average Bonchev–Trinajstić information content (AvgIpc) is 2.28. The predicted molar refractivity (Wildman–Crippen MR) is 72.4 cm³/mol. The molecular formula is C13H17N3O2. The van der Waals surface area contributed by atoms with Gasteiger partial charge in [-0.3, -0.25) is 9.59 Å². The van der Waals surface area contributed by atoms with Gasteiger partial charge < -0.3 is 16.0 Å². The molecule has 2 amide bonds. The fourth-order valence-corrected chi connectivity index (χ4v) is 1.37. The van der Waals surface area contributed by atoms with Crippen LogP contribution < -0.4 is 16.0 Å². The minimum atomic E-state index is -0.147. The second-order valence-corrected chi connectivity index (χ2v) is 3.73. The van der Waals surface area contributed by atoms with E-state index in [0.717, 1.165) is 0 Å². The molecule has 1 aromatic carbocycles. The highest BCUT2D eigenvalue weighted by Crippen LogP contribution is 2.14. The van der Waals surface area contributed by atoms with E-state index < -0.39 is 0 Å². The van der Waals surface area contributed by atoms with Crippen molar-refractivity contribution >= 4 is 23.2 Å². The maximum absolute atomic E-state index is 11.5. The average molecular weight is 247 g/mol. The van der Waals surface area contributed by atoms with Crippen LogP contribution in [0.2, 0.25) is 0 Å². The summed E-state index contributed by atoms with van der Waals surface area (Å²) in [6.45, 7) is 5.78. The lowest BCUT2D eigenvalue weighted by Crippen LogP contribution is -2.28. The molecule has 1 aromatic rings. The fraction of sp³-hybridized carbons (Fsp3) is 0.231. The summed E-state index contributed by atoms with van der Waals surface area (Å²) in [5, 5.41) is 8.28. The molecule has 0 aliphatic carbocycles. The van der Waals surface area contributed by atoms with Crippen molar-refractivity contribution in [3.8, 4) is 0 Å². The highest BCUT2D eigenvalue weighted by atomic mass is 16.2. The van der Waals surface area contributed by atoms with Crippen LogP contribution in [0, 0.1) is 0 Å². The summed E-state index contributed by atoms with van der Waals surface area (Å²) in [5.74, 6) is -0.289. The van der Waals surface area contributed by atoms with Crippen molar-refractivity contribution in [3.05, 3.63) is 36.9 Å². The lowest BCUT2D eigenvalue weighted by Gasteiger charge is -2.08. The van der Waals surface area contributed by atoms with Crippen molar-refractivity contribution in [2.24, 2.45) is 0 Å². The van der Waals surface area contributed by atoms with E-state index in [2.05, 4.69) is 22.5 Å². The van der Waals surface area contributed by atoms with Crippen LogP contribution in [0.4, 0.5) is 11.4 Å². The van der Waals surface area contributed by atoms with E-state index in [0.29, 0.717) is 17.9 Å². The van der Waals surface area contributed by atoms with Gasteiger partial charge in [0.05, 0.1) is 6.54 Å². The first-order valence-electron chi connectivity index (χ1n) is 5.61. The summed E-state index contributed by atoms with van der Waals surface area (Å²) in [7, 11) is 0. The van der Waals surface area contributed by atoms with E-state index in [-0.39, 0.29) is 18.4 Å². The molecule has 0 unspecified atom stereocenters. The van der Waals surface area contributed by atoms with Crippen molar-refractivity contribution in [2.45, 2.75) is 6.92 Å². The molecule has 0 fully saturated rings. The summed E-state index contributed by atoms with van der Waals surface area (Å²) < 4.78 is 0. The van der Waals surface area contributed by atoms with Gasteiger partial charge in [0.25, 0.3) is 0 Å². The van der Waals surface area contributed by atoms with E-state index in [1.807, 2.05) is 0 Å². The van der Waals surface area contributed by atoms with Gasteiger partial charge in [0, 0.05) is 24.8 Å². The summed E-state index contributed by atoms with van der Waals surface area (Å²) >= 11 is 0. The van der Waals surface area contributed by atoms with Crippen LogP contribution in [0.5, 0.6) is 0 Å². The molecule has 1 rings (SSSR count). The second-order valence-electron chi connectivity index (χ2n) is 3.73. The molecule has 0 saturated carbocycles. The Balaban J connectivity index is 2.53. The lowest BCUT2D eigenvalue weighted by molar-refractivity contribution is -0.115. The third-order valence-corrected chi connectivity index (χ3v) is 2.04. The van der Waals surface area contributed by atoms with Crippen LogP contribution in [-0.4, -0.2) is 24.9 Å². The van der Waals surface area contributed by atoms with Crippen LogP contribution in [0.15, 0.2) is 36.9 Å². The SMILES string of the molecule is C=CCNCC(=O)Nc1cccc(NC(C)=O)c1. The third kappa shape index (κ3) is 5.27. The number of anilines is 2. The van der Waals surface area contributed by atoms with E-state index >= 15 is 0 Å². The Labute approximate surface area is 106 Å². The van der Waals surface area contributed by atoms with Gasteiger partial charge in [0.15, 0.2) is 0 Å². The molecule has 0 radical (unpaired) electrons. The Morgan fingerprint density at radius 1 is 1.28 bits per heavy atom. The zero-order valence-corrected chi connectivity index (χ0v) is 10.3. The largest absolute Gasteiger partial charge is 0.326 e. The molecule has 18 heavy (non-hydrogen) atoms. The molecule has 0 spiro atoms. The maximum atomic E-state index is 11.5. The number of hydrogen-bond acceptors (Lipinski definition) is 3. The molecule has 96 valence electrons. The second kappa shape index (κ2) is 7.24. The van der Waals surface area contributed by atoms with Gasteiger partial charge in [-0.15, -0.1) is 6.58 Å². The molecule has 0 aliphatic heterocycles. The number of amides is 2. The monoisotopic (exact) mass is 247 g/mol. The maximum Gasteiger partial charge on any atom is 0.238 e. The summed E-state index contributed by atoms with van der Waals surface area (Å²) in [5.41, 5.74) is 1.30. The highest BCUT2D eigenvalue weighted by Gasteiger charge is 2.02. The minimum Gasteiger partial charge on any atom is -0.326 e. The quantitative estimate of drug-likeness (QED) is 0.525. The number of nitrogens with one attached hydrogen (secondary N) is 3. The van der Waals surface area contributed by atoms with Crippen molar-refractivity contribution in [3.63, 3.8) is 0 Å². The van der Waals surface area contributed by atoms with E-state index in [9.17, 15) is 9.59 Å². The Morgan fingerprint density at radius 2 is 1.94 bits per heavy atom. The molecule has 0 aliphatic rings. The summed E-state index contributed by atoms with van der Waals surface area (Å²) in [6, 6.07) is 6.98. The van der Waals surface area contributed by atoms with Gasteiger partial charge in [-0.2, -0.15) is 0 Å². The normalized spacial score (nSPS) is 9.61. The van der Waals surface area contributed by atoms with Gasteiger partial charge in [0.1, 0.15) is 0 Å². The smallest absolute Gasteiger partial charge is 0.238 e. The minimum absolute atomic E-state index is 0.142. The lowest BCUT2D eigenvalue weighted by atomic mass is 10.2. The van der Waals surface area contributed by atoms with Crippen molar-refractivity contribution in [1.82, 2.24) is 5.32 Å². The van der Waals surface area contributed by atoms with Crippen molar-refractivity contribution in [2.75, 3.05) is 23.7 Å². The molecule has 5 nitrogen and oxygen atoms in total. The first-order valence-corrected chi connectivity index (χ1v) is 5.61. The molecule has 5 heteroatoms. The Hall–Kier alpha value is -2.14. The van der Waals surface area contributed by atoms with Crippen LogP contribution in [0.3, 0.4) is 0 Å². The molecule has 0 heterocycles. The van der Waals surface area contributed by atoms with Gasteiger partial charge in [-0.05, 0) is 18.2 Å².